The van der Waals surface area contributed by atoms with Gasteiger partial charge in [0.25, 0.3) is 0 Å². The lowest BCUT2D eigenvalue weighted by molar-refractivity contribution is 0.740. The first-order chi connectivity index (χ1) is 8.83. The van der Waals surface area contributed by atoms with Crippen molar-refractivity contribution in [1.82, 2.24) is 9.55 Å². The van der Waals surface area contributed by atoms with Crippen molar-refractivity contribution >= 4 is 21.9 Å². The molecule has 1 aromatic heterocycles. The number of anilines is 1. The van der Waals surface area contributed by atoms with E-state index in [1.807, 2.05) is 12.4 Å². The van der Waals surface area contributed by atoms with E-state index in [9.17, 15) is 0 Å². The number of benzene rings is 1. The Morgan fingerprint density at radius 1 is 1.17 bits per heavy atom. The second-order valence-corrected chi connectivity index (χ2v) is 5.64. The van der Waals surface area contributed by atoms with E-state index >= 15 is 0 Å². The van der Waals surface area contributed by atoms with Crippen molar-refractivity contribution in [1.29, 1.82) is 0 Å². The summed E-state index contributed by atoms with van der Waals surface area (Å²) < 4.78 is 3.20. The Hall–Kier alpha value is -1.29. The molecule has 1 aliphatic carbocycles. The minimum atomic E-state index is 0.585. The van der Waals surface area contributed by atoms with Crippen molar-refractivity contribution in [2.24, 2.45) is 0 Å². The van der Waals surface area contributed by atoms with E-state index in [-0.39, 0.29) is 0 Å². The largest absolute Gasteiger partial charge is 0.353 e. The number of nitrogens with one attached hydrogen (secondary N) is 1. The molecule has 3 rings (SSSR count). The highest BCUT2D eigenvalue weighted by Gasteiger charge is 2.16. The third-order valence-corrected chi connectivity index (χ3v) is 3.96. The molecule has 1 saturated carbocycles. The van der Waals surface area contributed by atoms with Crippen molar-refractivity contribution in [3.05, 3.63) is 41.1 Å². The van der Waals surface area contributed by atoms with Crippen LogP contribution in [0.25, 0.3) is 5.69 Å². The molecule has 0 bridgehead atoms. The monoisotopic (exact) mass is 305 g/mol. The third kappa shape index (κ3) is 2.43. The number of rotatable bonds is 3. The van der Waals surface area contributed by atoms with E-state index in [1.54, 1.807) is 0 Å². The van der Waals surface area contributed by atoms with Crippen LogP contribution in [0.4, 0.5) is 5.95 Å². The highest BCUT2D eigenvalue weighted by Crippen LogP contribution is 2.23. The molecule has 1 fully saturated rings. The van der Waals surface area contributed by atoms with Crippen molar-refractivity contribution in [3.63, 3.8) is 0 Å². The van der Waals surface area contributed by atoms with Crippen molar-refractivity contribution in [2.75, 3.05) is 5.32 Å². The normalized spacial score (nSPS) is 16.1. The zero-order valence-electron chi connectivity index (χ0n) is 10.1. The minimum absolute atomic E-state index is 0.585. The summed E-state index contributed by atoms with van der Waals surface area (Å²) in [7, 11) is 0. The summed E-state index contributed by atoms with van der Waals surface area (Å²) in [5.41, 5.74) is 1.14. The van der Waals surface area contributed by atoms with E-state index in [2.05, 4.69) is 55.1 Å². The SMILES string of the molecule is Brc1ccc(-n2ccnc2NC2CCCC2)cc1. The van der Waals surface area contributed by atoms with Gasteiger partial charge in [-0.15, -0.1) is 0 Å². The predicted octanol–water partition coefficient (Wildman–Crippen LogP) is 3.99. The lowest BCUT2D eigenvalue weighted by Crippen LogP contribution is -2.17. The number of hydrogen-bond donors (Lipinski definition) is 1. The summed E-state index contributed by atoms with van der Waals surface area (Å²) in [6.07, 6.45) is 9.02. The number of halogens is 1. The molecule has 94 valence electrons. The molecule has 4 heteroatoms. The Kier molecular flexibility index (Phi) is 3.37. The Labute approximate surface area is 115 Å². The van der Waals surface area contributed by atoms with Crippen molar-refractivity contribution < 1.29 is 0 Å². The average molecular weight is 306 g/mol. The zero-order valence-corrected chi connectivity index (χ0v) is 11.7. The minimum Gasteiger partial charge on any atom is -0.353 e. The van der Waals surface area contributed by atoms with Crippen LogP contribution in [0.3, 0.4) is 0 Å². The summed E-state index contributed by atoms with van der Waals surface area (Å²) in [4.78, 5) is 4.42. The van der Waals surface area contributed by atoms with E-state index in [4.69, 9.17) is 0 Å². The van der Waals surface area contributed by atoms with Gasteiger partial charge in [0.1, 0.15) is 0 Å². The van der Waals surface area contributed by atoms with Crippen LogP contribution in [-0.2, 0) is 0 Å². The van der Waals surface area contributed by atoms with Gasteiger partial charge in [0.2, 0.25) is 5.95 Å². The van der Waals surface area contributed by atoms with E-state index in [0.717, 1.165) is 16.1 Å². The van der Waals surface area contributed by atoms with E-state index in [1.165, 1.54) is 25.7 Å². The Morgan fingerprint density at radius 3 is 2.61 bits per heavy atom. The van der Waals surface area contributed by atoms with Crippen LogP contribution >= 0.6 is 15.9 Å². The molecular weight excluding hydrogens is 290 g/mol. The Balaban J connectivity index is 1.84. The molecule has 0 aliphatic heterocycles. The van der Waals surface area contributed by atoms with Crippen LogP contribution in [0.1, 0.15) is 25.7 Å². The first-order valence-electron chi connectivity index (χ1n) is 6.39. The summed E-state index contributed by atoms with van der Waals surface area (Å²) in [6.45, 7) is 0. The topological polar surface area (TPSA) is 29.9 Å². The Morgan fingerprint density at radius 2 is 1.89 bits per heavy atom. The van der Waals surface area contributed by atoms with Gasteiger partial charge in [-0.25, -0.2) is 4.98 Å². The molecule has 2 aromatic rings. The molecule has 0 spiro atoms. The lowest BCUT2D eigenvalue weighted by atomic mass is 10.2. The van der Waals surface area contributed by atoms with E-state index in [0.29, 0.717) is 6.04 Å². The molecule has 0 amide bonds. The van der Waals surface area contributed by atoms with Gasteiger partial charge in [-0.05, 0) is 37.1 Å². The molecule has 3 nitrogen and oxygen atoms in total. The zero-order chi connectivity index (χ0) is 12.4. The highest BCUT2D eigenvalue weighted by molar-refractivity contribution is 9.10. The van der Waals surface area contributed by atoms with Crippen LogP contribution in [-0.4, -0.2) is 15.6 Å². The van der Waals surface area contributed by atoms with Gasteiger partial charge >= 0.3 is 0 Å². The first-order valence-corrected chi connectivity index (χ1v) is 7.18. The first kappa shape index (κ1) is 11.8. The smallest absolute Gasteiger partial charge is 0.207 e. The summed E-state index contributed by atoms with van der Waals surface area (Å²) in [5, 5.41) is 3.54. The molecule has 1 N–H and O–H groups in total. The summed E-state index contributed by atoms with van der Waals surface area (Å²) >= 11 is 3.46. The third-order valence-electron chi connectivity index (χ3n) is 3.43. The second kappa shape index (κ2) is 5.14. The molecule has 0 atom stereocenters. The quantitative estimate of drug-likeness (QED) is 0.929. The Bertz CT molecular complexity index is 512. The van der Waals surface area contributed by atoms with Crippen molar-refractivity contribution in [2.45, 2.75) is 31.7 Å². The summed E-state index contributed by atoms with van der Waals surface area (Å²) in [6, 6.07) is 8.86. The van der Waals surface area contributed by atoms with Gasteiger partial charge in [0.15, 0.2) is 0 Å². The van der Waals surface area contributed by atoms with Gasteiger partial charge in [-0.3, -0.25) is 4.57 Å². The lowest BCUT2D eigenvalue weighted by Gasteiger charge is -2.14. The van der Waals surface area contributed by atoms with Crippen LogP contribution in [0.5, 0.6) is 0 Å². The number of hydrogen-bond acceptors (Lipinski definition) is 2. The maximum absolute atomic E-state index is 4.42. The average Bonchev–Trinajstić information content (AvgIpc) is 3.02. The molecule has 0 saturated heterocycles. The molecule has 1 aromatic carbocycles. The van der Waals surface area contributed by atoms with Gasteiger partial charge in [0, 0.05) is 28.6 Å². The van der Waals surface area contributed by atoms with Gasteiger partial charge < -0.3 is 5.32 Å². The van der Waals surface area contributed by atoms with Crippen LogP contribution in [0.2, 0.25) is 0 Å². The summed E-state index contributed by atoms with van der Waals surface area (Å²) in [5.74, 6) is 0.948. The number of imidazole rings is 1. The highest BCUT2D eigenvalue weighted by atomic mass is 79.9. The second-order valence-electron chi connectivity index (χ2n) is 4.72. The fourth-order valence-electron chi connectivity index (χ4n) is 2.47. The number of aromatic nitrogens is 2. The van der Waals surface area contributed by atoms with Gasteiger partial charge in [0.05, 0.1) is 0 Å². The predicted molar refractivity (Wildman–Crippen MR) is 77.1 cm³/mol. The number of nitrogens with zero attached hydrogens (tertiary/aromatic N) is 2. The fourth-order valence-corrected chi connectivity index (χ4v) is 2.74. The molecule has 1 aliphatic rings. The standard InChI is InChI=1S/C14H16BrN3/c15-11-5-7-13(8-6-11)18-10-9-16-14(18)17-12-3-1-2-4-12/h5-10,12H,1-4H2,(H,16,17). The molecule has 0 unspecified atom stereocenters. The van der Waals surface area contributed by atoms with Gasteiger partial charge in [-0.1, -0.05) is 28.8 Å². The van der Waals surface area contributed by atoms with Crippen LogP contribution in [0, 0.1) is 0 Å². The van der Waals surface area contributed by atoms with E-state index < -0.39 is 0 Å². The molecule has 1 heterocycles. The maximum Gasteiger partial charge on any atom is 0.207 e. The molecule has 0 radical (unpaired) electrons. The fraction of sp³-hybridized carbons (Fsp3) is 0.357. The van der Waals surface area contributed by atoms with Crippen LogP contribution < -0.4 is 5.32 Å². The maximum atomic E-state index is 4.42. The van der Waals surface area contributed by atoms with Crippen molar-refractivity contribution in [3.8, 4) is 5.69 Å². The van der Waals surface area contributed by atoms with Gasteiger partial charge in [-0.2, -0.15) is 0 Å². The molecule has 18 heavy (non-hydrogen) atoms. The van der Waals surface area contributed by atoms with Crippen LogP contribution in [0.15, 0.2) is 41.1 Å². The molecular formula is C14H16BrN3.